The third-order valence-corrected chi connectivity index (χ3v) is 3.53. The second-order valence-corrected chi connectivity index (χ2v) is 4.93. The first-order valence-electron chi connectivity index (χ1n) is 5.80. The maximum absolute atomic E-state index is 5.41. The van der Waals surface area contributed by atoms with Crippen molar-refractivity contribution in [2.45, 2.75) is 31.4 Å². The third-order valence-electron chi connectivity index (χ3n) is 2.71. The van der Waals surface area contributed by atoms with Crippen LogP contribution in [0.4, 0.5) is 0 Å². The summed E-state index contributed by atoms with van der Waals surface area (Å²) in [6.07, 6.45) is 1.81. The van der Waals surface area contributed by atoms with Crippen LogP contribution in [0.25, 0.3) is 0 Å². The Kier molecular flexibility index (Phi) is 4.39. The molecule has 7 heteroatoms. The molecule has 19 heavy (non-hydrogen) atoms. The number of rotatable bonds is 5. The summed E-state index contributed by atoms with van der Waals surface area (Å²) in [5, 5.41) is 8.21. The van der Waals surface area contributed by atoms with E-state index in [0.29, 0.717) is 16.9 Å². The average molecular weight is 280 g/mol. The first-order chi connectivity index (χ1) is 9.15. The zero-order valence-electron chi connectivity index (χ0n) is 11.1. The molecule has 0 saturated carbocycles. The highest BCUT2D eigenvalue weighted by molar-refractivity contribution is 7.98. The van der Waals surface area contributed by atoms with Gasteiger partial charge in [0, 0.05) is 23.1 Å². The molecule has 0 spiro atoms. The maximum atomic E-state index is 5.41. The number of methoxy groups -OCH3 is 1. The molecule has 2 rings (SSSR count). The number of aromatic nitrogens is 3. The van der Waals surface area contributed by atoms with Gasteiger partial charge in [0.25, 0.3) is 5.22 Å². The number of ether oxygens (including phenoxy) is 1. The number of nitrogens with zero attached hydrogens (tertiary/aromatic N) is 3. The Labute approximate surface area is 115 Å². The van der Waals surface area contributed by atoms with E-state index < -0.39 is 0 Å². The van der Waals surface area contributed by atoms with E-state index >= 15 is 0 Å². The average Bonchev–Trinajstić information content (AvgIpc) is 2.86. The molecule has 2 heterocycles. The van der Waals surface area contributed by atoms with Gasteiger partial charge in [0.1, 0.15) is 5.75 Å². The molecule has 0 bridgehead atoms. The normalized spacial score (nSPS) is 10.7. The molecule has 0 unspecified atom stereocenters. The molecular formula is C12H16N4O2S. The molecular weight excluding hydrogens is 264 g/mol. The Morgan fingerprint density at radius 1 is 1.37 bits per heavy atom. The zero-order chi connectivity index (χ0) is 13.8. The number of hydrogen-bond acceptors (Lipinski definition) is 7. The first kappa shape index (κ1) is 13.8. The van der Waals surface area contributed by atoms with Crippen molar-refractivity contribution in [3.8, 4) is 5.75 Å². The second kappa shape index (κ2) is 6.03. The van der Waals surface area contributed by atoms with Crippen molar-refractivity contribution < 1.29 is 9.15 Å². The maximum Gasteiger partial charge on any atom is 0.277 e. The van der Waals surface area contributed by atoms with Crippen molar-refractivity contribution in [2.75, 3.05) is 7.11 Å². The molecule has 0 aliphatic carbocycles. The second-order valence-electron chi connectivity index (χ2n) is 4.00. The predicted molar refractivity (Wildman–Crippen MR) is 72.0 cm³/mol. The van der Waals surface area contributed by atoms with Gasteiger partial charge in [0.2, 0.25) is 5.89 Å². The standard InChI is InChI=1S/C12H16N4O2S/c1-7-5-14-9(8(2)11(7)17-3)6-19-12-16-15-10(4-13)18-12/h5H,4,6,13H2,1-3H3. The molecule has 0 amide bonds. The van der Waals surface area contributed by atoms with Crippen LogP contribution in [0.3, 0.4) is 0 Å². The van der Waals surface area contributed by atoms with Gasteiger partial charge in [-0.2, -0.15) is 0 Å². The summed E-state index contributed by atoms with van der Waals surface area (Å²) < 4.78 is 10.7. The van der Waals surface area contributed by atoms with E-state index in [1.807, 2.05) is 13.8 Å². The monoisotopic (exact) mass is 280 g/mol. The van der Waals surface area contributed by atoms with Gasteiger partial charge in [-0.05, 0) is 13.8 Å². The molecule has 2 aromatic rings. The van der Waals surface area contributed by atoms with E-state index in [-0.39, 0.29) is 6.54 Å². The quantitative estimate of drug-likeness (QED) is 0.836. The summed E-state index contributed by atoms with van der Waals surface area (Å²) in [7, 11) is 1.66. The summed E-state index contributed by atoms with van der Waals surface area (Å²) in [6, 6.07) is 0. The van der Waals surface area contributed by atoms with Crippen molar-refractivity contribution >= 4 is 11.8 Å². The lowest BCUT2D eigenvalue weighted by molar-refractivity contribution is 0.407. The minimum Gasteiger partial charge on any atom is -0.496 e. The van der Waals surface area contributed by atoms with E-state index in [1.54, 1.807) is 13.3 Å². The lowest BCUT2D eigenvalue weighted by Gasteiger charge is -2.11. The van der Waals surface area contributed by atoms with Gasteiger partial charge in [0.15, 0.2) is 0 Å². The van der Waals surface area contributed by atoms with E-state index in [0.717, 1.165) is 22.6 Å². The van der Waals surface area contributed by atoms with Crippen LogP contribution in [0.15, 0.2) is 15.8 Å². The van der Waals surface area contributed by atoms with Crippen LogP contribution in [0.5, 0.6) is 5.75 Å². The fourth-order valence-electron chi connectivity index (χ4n) is 1.73. The Morgan fingerprint density at radius 3 is 2.79 bits per heavy atom. The summed E-state index contributed by atoms with van der Waals surface area (Å²) in [5.74, 6) is 1.96. The third kappa shape index (κ3) is 3.05. The lowest BCUT2D eigenvalue weighted by Crippen LogP contribution is -1.98. The van der Waals surface area contributed by atoms with Crippen molar-refractivity contribution in [1.82, 2.24) is 15.2 Å². The minimum absolute atomic E-state index is 0.253. The molecule has 0 aromatic carbocycles. The Hall–Kier alpha value is -1.60. The number of nitrogens with two attached hydrogens (primary N) is 1. The van der Waals surface area contributed by atoms with Gasteiger partial charge in [-0.1, -0.05) is 11.8 Å². The SMILES string of the molecule is COc1c(C)cnc(CSc2nnc(CN)o2)c1C. The number of aryl methyl sites for hydroxylation is 1. The summed E-state index contributed by atoms with van der Waals surface area (Å²) in [5.41, 5.74) is 8.42. The van der Waals surface area contributed by atoms with Crippen molar-refractivity contribution in [2.24, 2.45) is 5.73 Å². The molecule has 2 aromatic heterocycles. The van der Waals surface area contributed by atoms with Crippen molar-refractivity contribution in [1.29, 1.82) is 0 Å². The predicted octanol–water partition coefficient (Wildman–Crippen LogP) is 1.84. The molecule has 6 nitrogen and oxygen atoms in total. The lowest BCUT2D eigenvalue weighted by atomic mass is 10.1. The Balaban J connectivity index is 2.11. The highest BCUT2D eigenvalue weighted by Gasteiger charge is 2.12. The van der Waals surface area contributed by atoms with Gasteiger partial charge < -0.3 is 14.9 Å². The summed E-state index contributed by atoms with van der Waals surface area (Å²) in [4.78, 5) is 4.41. The van der Waals surface area contributed by atoms with Crippen LogP contribution in [-0.2, 0) is 12.3 Å². The number of thioether (sulfide) groups is 1. The van der Waals surface area contributed by atoms with Crippen molar-refractivity contribution in [3.05, 3.63) is 28.9 Å². The number of hydrogen-bond donors (Lipinski definition) is 1. The fourth-order valence-corrected chi connectivity index (χ4v) is 2.53. The van der Waals surface area contributed by atoms with Gasteiger partial charge in [-0.3, -0.25) is 4.98 Å². The Bertz CT molecular complexity index is 571. The van der Waals surface area contributed by atoms with Crippen LogP contribution in [0, 0.1) is 13.8 Å². The molecule has 102 valence electrons. The van der Waals surface area contributed by atoms with Crippen LogP contribution < -0.4 is 10.5 Å². The van der Waals surface area contributed by atoms with Gasteiger partial charge in [-0.25, -0.2) is 0 Å². The molecule has 0 fully saturated rings. The van der Waals surface area contributed by atoms with E-state index in [4.69, 9.17) is 14.9 Å². The number of pyridine rings is 1. The van der Waals surface area contributed by atoms with E-state index in [2.05, 4.69) is 15.2 Å². The highest BCUT2D eigenvalue weighted by atomic mass is 32.2. The van der Waals surface area contributed by atoms with Crippen LogP contribution in [-0.4, -0.2) is 22.3 Å². The molecule has 0 aliphatic rings. The fraction of sp³-hybridized carbons (Fsp3) is 0.417. The smallest absolute Gasteiger partial charge is 0.277 e. The van der Waals surface area contributed by atoms with Gasteiger partial charge in [-0.15, -0.1) is 10.2 Å². The minimum atomic E-state index is 0.253. The molecule has 2 N–H and O–H groups in total. The summed E-state index contributed by atoms with van der Waals surface area (Å²) >= 11 is 1.44. The largest absolute Gasteiger partial charge is 0.496 e. The van der Waals surface area contributed by atoms with Crippen molar-refractivity contribution in [3.63, 3.8) is 0 Å². The van der Waals surface area contributed by atoms with Crippen LogP contribution in [0.1, 0.15) is 22.7 Å². The van der Waals surface area contributed by atoms with Crippen LogP contribution >= 0.6 is 11.8 Å². The molecule has 0 aliphatic heterocycles. The molecule has 0 saturated heterocycles. The van der Waals surface area contributed by atoms with E-state index in [1.165, 1.54) is 11.8 Å². The highest BCUT2D eigenvalue weighted by Crippen LogP contribution is 2.28. The first-order valence-corrected chi connectivity index (χ1v) is 6.78. The Morgan fingerprint density at radius 2 is 2.16 bits per heavy atom. The molecule has 0 radical (unpaired) electrons. The topological polar surface area (TPSA) is 87.1 Å². The molecule has 0 atom stereocenters. The van der Waals surface area contributed by atoms with Crippen LogP contribution in [0.2, 0.25) is 0 Å². The van der Waals surface area contributed by atoms with E-state index in [9.17, 15) is 0 Å². The zero-order valence-corrected chi connectivity index (χ0v) is 12.0. The summed E-state index contributed by atoms with van der Waals surface area (Å²) in [6.45, 7) is 4.22. The van der Waals surface area contributed by atoms with Gasteiger partial charge in [0.05, 0.1) is 19.3 Å². The van der Waals surface area contributed by atoms with Gasteiger partial charge >= 0.3 is 0 Å².